The van der Waals surface area contributed by atoms with Crippen molar-refractivity contribution in [3.8, 4) is 0 Å². The Bertz CT molecular complexity index is 539. The molecule has 1 amide bonds. The average Bonchev–Trinajstić information content (AvgIpc) is 3.06. The molecule has 2 aliphatic rings. The van der Waals surface area contributed by atoms with Gasteiger partial charge in [-0.1, -0.05) is 43.5 Å². The standard InChI is InChI=1S/C17H23ClN2O/c1-3-12(2)20-15(13-7-6-8-14(18)11-13)19-17(16(20)21)9-4-5-10-17/h6-8,11-12,15,19H,3-5,9-10H2,1-2H3. The molecule has 1 saturated carbocycles. The molecular weight excluding hydrogens is 284 g/mol. The predicted octanol–water partition coefficient (Wildman–Crippen LogP) is 3.88. The second kappa shape index (κ2) is 5.62. The maximum Gasteiger partial charge on any atom is 0.244 e. The van der Waals surface area contributed by atoms with Crippen LogP contribution in [-0.4, -0.2) is 22.4 Å². The summed E-state index contributed by atoms with van der Waals surface area (Å²) in [5, 5.41) is 4.36. The first-order valence-electron chi connectivity index (χ1n) is 7.93. The Kier molecular flexibility index (Phi) is 3.98. The minimum atomic E-state index is -0.337. The minimum Gasteiger partial charge on any atom is -0.319 e. The van der Waals surface area contributed by atoms with Gasteiger partial charge >= 0.3 is 0 Å². The lowest BCUT2D eigenvalue weighted by molar-refractivity contribution is -0.135. The van der Waals surface area contributed by atoms with E-state index >= 15 is 0 Å². The summed E-state index contributed by atoms with van der Waals surface area (Å²) >= 11 is 6.14. The molecular formula is C17H23ClN2O. The molecule has 3 nitrogen and oxygen atoms in total. The largest absolute Gasteiger partial charge is 0.319 e. The normalized spacial score (nSPS) is 25.8. The van der Waals surface area contributed by atoms with E-state index < -0.39 is 0 Å². The number of nitrogens with zero attached hydrogens (tertiary/aromatic N) is 1. The first-order valence-corrected chi connectivity index (χ1v) is 8.31. The van der Waals surface area contributed by atoms with E-state index in [2.05, 4.69) is 25.2 Å². The van der Waals surface area contributed by atoms with Crippen LogP contribution in [0.4, 0.5) is 0 Å². The Morgan fingerprint density at radius 2 is 2.14 bits per heavy atom. The van der Waals surface area contributed by atoms with Gasteiger partial charge in [-0.3, -0.25) is 10.1 Å². The quantitative estimate of drug-likeness (QED) is 0.919. The molecule has 1 N–H and O–H groups in total. The molecule has 1 aliphatic carbocycles. The van der Waals surface area contributed by atoms with Crippen LogP contribution in [0.1, 0.15) is 57.7 Å². The fraction of sp³-hybridized carbons (Fsp3) is 0.588. The van der Waals surface area contributed by atoms with Crippen molar-refractivity contribution in [3.05, 3.63) is 34.9 Å². The number of carbonyl (C=O) groups is 1. The third kappa shape index (κ3) is 2.47. The first kappa shape index (κ1) is 14.9. The molecule has 21 heavy (non-hydrogen) atoms. The van der Waals surface area contributed by atoms with Crippen LogP contribution in [0, 0.1) is 0 Å². The Morgan fingerprint density at radius 3 is 2.76 bits per heavy atom. The third-order valence-electron chi connectivity index (χ3n) is 5.02. The Balaban J connectivity index is 1.98. The number of halogens is 1. The topological polar surface area (TPSA) is 32.3 Å². The van der Waals surface area contributed by atoms with Gasteiger partial charge in [-0.2, -0.15) is 0 Å². The molecule has 1 spiro atoms. The lowest BCUT2D eigenvalue weighted by Crippen LogP contribution is -2.45. The maximum atomic E-state index is 13.0. The molecule has 1 aromatic rings. The van der Waals surface area contributed by atoms with Crippen molar-refractivity contribution in [2.24, 2.45) is 0 Å². The van der Waals surface area contributed by atoms with Crippen LogP contribution >= 0.6 is 11.6 Å². The highest BCUT2D eigenvalue weighted by Crippen LogP contribution is 2.42. The number of carbonyl (C=O) groups excluding carboxylic acids is 1. The van der Waals surface area contributed by atoms with Gasteiger partial charge in [-0.15, -0.1) is 0 Å². The van der Waals surface area contributed by atoms with E-state index in [1.807, 2.05) is 23.1 Å². The molecule has 3 rings (SSSR count). The molecule has 2 fully saturated rings. The molecule has 1 aromatic carbocycles. The van der Waals surface area contributed by atoms with Crippen LogP contribution < -0.4 is 5.32 Å². The predicted molar refractivity (Wildman–Crippen MR) is 85.1 cm³/mol. The molecule has 114 valence electrons. The highest BCUT2D eigenvalue weighted by Gasteiger charge is 2.53. The minimum absolute atomic E-state index is 0.0516. The Labute approximate surface area is 131 Å². The van der Waals surface area contributed by atoms with Gasteiger partial charge in [0.2, 0.25) is 5.91 Å². The van der Waals surface area contributed by atoms with Crippen molar-refractivity contribution in [3.63, 3.8) is 0 Å². The van der Waals surface area contributed by atoms with Gasteiger partial charge in [0, 0.05) is 11.1 Å². The van der Waals surface area contributed by atoms with Crippen LogP contribution in [0.15, 0.2) is 24.3 Å². The van der Waals surface area contributed by atoms with Gasteiger partial charge in [0.1, 0.15) is 6.17 Å². The molecule has 1 saturated heterocycles. The van der Waals surface area contributed by atoms with Gasteiger partial charge < -0.3 is 4.90 Å². The van der Waals surface area contributed by atoms with Gasteiger partial charge in [0.25, 0.3) is 0 Å². The SMILES string of the molecule is CCC(C)N1C(=O)C2(CCCC2)NC1c1cccc(Cl)c1. The molecule has 0 radical (unpaired) electrons. The summed E-state index contributed by atoms with van der Waals surface area (Å²) in [7, 11) is 0. The van der Waals surface area contributed by atoms with Gasteiger partial charge in [-0.05, 0) is 43.9 Å². The third-order valence-corrected chi connectivity index (χ3v) is 5.26. The molecule has 1 heterocycles. The molecule has 2 atom stereocenters. The zero-order valence-electron chi connectivity index (χ0n) is 12.7. The van der Waals surface area contributed by atoms with Crippen LogP contribution in [0.3, 0.4) is 0 Å². The fourth-order valence-corrected chi connectivity index (χ4v) is 3.86. The van der Waals surface area contributed by atoms with Crippen molar-refractivity contribution < 1.29 is 4.79 Å². The van der Waals surface area contributed by atoms with E-state index in [9.17, 15) is 4.79 Å². The van der Waals surface area contributed by atoms with E-state index in [-0.39, 0.29) is 23.7 Å². The monoisotopic (exact) mass is 306 g/mol. The second-order valence-electron chi connectivity index (χ2n) is 6.36. The maximum absolute atomic E-state index is 13.0. The van der Waals surface area contributed by atoms with Gasteiger partial charge in [0.05, 0.1) is 5.54 Å². The molecule has 4 heteroatoms. The van der Waals surface area contributed by atoms with Crippen molar-refractivity contribution in [2.45, 2.75) is 63.7 Å². The summed E-state index contributed by atoms with van der Waals surface area (Å²) < 4.78 is 0. The number of amides is 1. The van der Waals surface area contributed by atoms with Crippen LogP contribution in [0.2, 0.25) is 5.02 Å². The summed E-state index contributed by atoms with van der Waals surface area (Å²) in [4.78, 5) is 15.1. The number of benzene rings is 1. The van der Waals surface area contributed by atoms with Crippen molar-refractivity contribution >= 4 is 17.5 Å². The van der Waals surface area contributed by atoms with E-state index in [0.29, 0.717) is 0 Å². The van der Waals surface area contributed by atoms with Crippen LogP contribution in [0.25, 0.3) is 0 Å². The fourth-order valence-electron chi connectivity index (χ4n) is 3.67. The van der Waals surface area contributed by atoms with E-state index in [4.69, 9.17) is 11.6 Å². The lowest BCUT2D eigenvalue weighted by atomic mass is 9.97. The van der Waals surface area contributed by atoms with E-state index in [0.717, 1.165) is 42.7 Å². The first-order chi connectivity index (χ1) is 10.1. The zero-order chi connectivity index (χ0) is 15.0. The van der Waals surface area contributed by atoms with Crippen molar-refractivity contribution in [1.29, 1.82) is 0 Å². The Morgan fingerprint density at radius 1 is 1.43 bits per heavy atom. The van der Waals surface area contributed by atoms with E-state index in [1.165, 1.54) is 0 Å². The van der Waals surface area contributed by atoms with Crippen LogP contribution in [0.5, 0.6) is 0 Å². The summed E-state index contributed by atoms with van der Waals surface area (Å²) in [5.41, 5.74) is 0.746. The Hall–Kier alpha value is -1.06. The lowest BCUT2D eigenvalue weighted by Gasteiger charge is -2.30. The summed E-state index contributed by atoms with van der Waals surface area (Å²) in [5.74, 6) is 0.277. The van der Waals surface area contributed by atoms with Crippen molar-refractivity contribution in [2.75, 3.05) is 0 Å². The summed E-state index contributed by atoms with van der Waals surface area (Å²) in [6, 6.07) is 8.09. The number of rotatable bonds is 3. The molecule has 0 aromatic heterocycles. The second-order valence-corrected chi connectivity index (χ2v) is 6.80. The molecule has 2 unspecified atom stereocenters. The summed E-state index contributed by atoms with van der Waals surface area (Å²) in [6.45, 7) is 4.26. The number of hydrogen-bond acceptors (Lipinski definition) is 2. The van der Waals surface area contributed by atoms with E-state index in [1.54, 1.807) is 0 Å². The number of hydrogen-bond donors (Lipinski definition) is 1. The smallest absolute Gasteiger partial charge is 0.244 e. The summed E-state index contributed by atoms with van der Waals surface area (Å²) in [6.07, 6.45) is 5.08. The highest BCUT2D eigenvalue weighted by molar-refractivity contribution is 6.30. The molecule has 0 bridgehead atoms. The molecule has 1 aliphatic heterocycles. The van der Waals surface area contributed by atoms with Crippen LogP contribution in [-0.2, 0) is 4.79 Å². The number of nitrogens with one attached hydrogen (secondary N) is 1. The zero-order valence-corrected chi connectivity index (χ0v) is 13.5. The van der Waals surface area contributed by atoms with Gasteiger partial charge in [-0.25, -0.2) is 0 Å². The van der Waals surface area contributed by atoms with Gasteiger partial charge in [0.15, 0.2) is 0 Å². The average molecular weight is 307 g/mol. The van der Waals surface area contributed by atoms with Crippen molar-refractivity contribution in [1.82, 2.24) is 10.2 Å². The highest BCUT2D eigenvalue weighted by atomic mass is 35.5.